The molecule has 1 aliphatic rings. The Morgan fingerprint density at radius 2 is 1.88 bits per heavy atom. The number of hydrogen-bond donors (Lipinski definition) is 2. The van der Waals surface area contributed by atoms with Crippen molar-refractivity contribution in [1.29, 1.82) is 0 Å². The lowest BCUT2D eigenvalue weighted by Crippen LogP contribution is -2.30. The number of nitrogens with one attached hydrogen (secondary N) is 2. The van der Waals surface area contributed by atoms with Crippen molar-refractivity contribution < 1.29 is 4.74 Å². The number of aromatic nitrogens is 1. The van der Waals surface area contributed by atoms with Crippen LogP contribution in [-0.2, 0) is 6.42 Å². The third-order valence-corrected chi connectivity index (χ3v) is 5.63. The van der Waals surface area contributed by atoms with Crippen LogP contribution in [0.4, 0.5) is 0 Å². The molecular formula is C21H23ClN2O. The molecule has 25 heavy (non-hydrogen) atoms. The van der Waals surface area contributed by atoms with Gasteiger partial charge in [0.1, 0.15) is 5.75 Å². The highest BCUT2D eigenvalue weighted by molar-refractivity contribution is 6.31. The van der Waals surface area contributed by atoms with Crippen LogP contribution in [0.3, 0.4) is 0 Å². The van der Waals surface area contributed by atoms with E-state index in [4.69, 9.17) is 16.3 Å². The summed E-state index contributed by atoms with van der Waals surface area (Å²) in [6.45, 7) is 7.27. The molecular weight excluding hydrogens is 332 g/mol. The van der Waals surface area contributed by atoms with Crippen LogP contribution in [-0.4, -0.2) is 18.6 Å². The Kier molecular flexibility index (Phi) is 4.01. The van der Waals surface area contributed by atoms with Crippen molar-refractivity contribution in [1.82, 2.24) is 10.3 Å². The number of rotatable bonds is 2. The van der Waals surface area contributed by atoms with E-state index < -0.39 is 0 Å². The zero-order valence-corrected chi connectivity index (χ0v) is 15.8. The number of benzene rings is 2. The van der Waals surface area contributed by atoms with Crippen LogP contribution < -0.4 is 10.1 Å². The van der Waals surface area contributed by atoms with Gasteiger partial charge in [-0.3, -0.25) is 0 Å². The Hall–Kier alpha value is -1.97. The van der Waals surface area contributed by atoms with E-state index in [-0.39, 0.29) is 6.04 Å². The summed E-state index contributed by atoms with van der Waals surface area (Å²) in [4.78, 5) is 3.68. The Morgan fingerprint density at radius 1 is 1.08 bits per heavy atom. The van der Waals surface area contributed by atoms with Gasteiger partial charge in [0.25, 0.3) is 0 Å². The van der Waals surface area contributed by atoms with E-state index >= 15 is 0 Å². The number of ether oxygens (including phenoxy) is 1. The van der Waals surface area contributed by atoms with E-state index in [2.05, 4.69) is 36.3 Å². The minimum absolute atomic E-state index is 0.0592. The molecule has 3 aromatic rings. The number of aromatic amines is 1. The predicted molar refractivity (Wildman–Crippen MR) is 104 cm³/mol. The second-order valence-corrected chi connectivity index (χ2v) is 7.41. The lowest BCUT2D eigenvalue weighted by Gasteiger charge is -2.26. The molecule has 0 fully saturated rings. The molecule has 130 valence electrons. The lowest BCUT2D eigenvalue weighted by atomic mass is 9.92. The van der Waals surface area contributed by atoms with Crippen molar-refractivity contribution in [2.75, 3.05) is 13.7 Å². The SMILES string of the molecule is COc1cc(C)c(Cl)cc1C1NCCc2c1[nH]c1c(C)cc(C)cc21. The minimum atomic E-state index is 0.0592. The highest BCUT2D eigenvalue weighted by Crippen LogP contribution is 2.39. The molecule has 4 rings (SSSR count). The molecule has 0 saturated heterocycles. The standard InChI is InChI=1S/C21H23ClN2O/c1-11-7-13(3)19-15(8-11)14-5-6-23-20(21(14)24-19)16-10-17(22)12(2)9-18(16)25-4/h7-10,20,23-24H,5-6H2,1-4H3. The third-order valence-electron chi connectivity index (χ3n) is 5.22. The van der Waals surface area contributed by atoms with Crippen LogP contribution in [0.1, 0.15) is 39.6 Å². The fraction of sp³-hybridized carbons (Fsp3) is 0.333. The van der Waals surface area contributed by atoms with Crippen molar-refractivity contribution in [2.24, 2.45) is 0 Å². The summed E-state index contributed by atoms with van der Waals surface area (Å²) in [5, 5.41) is 5.75. The number of fused-ring (bicyclic) bond motifs is 3. The van der Waals surface area contributed by atoms with Crippen LogP contribution in [0.25, 0.3) is 10.9 Å². The minimum Gasteiger partial charge on any atom is -0.496 e. The zero-order valence-electron chi connectivity index (χ0n) is 15.1. The molecule has 0 bridgehead atoms. The maximum Gasteiger partial charge on any atom is 0.124 e. The summed E-state index contributed by atoms with van der Waals surface area (Å²) in [6.07, 6.45) is 1.02. The first-order chi connectivity index (χ1) is 12.0. The second kappa shape index (κ2) is 6.08. The second-order valence-electron chi connectivity index (χ2n) is 7.00. The number of halogens is 1. The summed E-state index contributed by atoms with van der Waals surface area (Å²) in [7, 11) is 1.72. The quantitative estimate of drug-likeness (QED) is 0.680. The predicted octanol–water partition coefficient (Wildman–Crippen LogP) is 4.99. The number of aryl methyl sites for hydroxylation is 3. The molecule has 3 nitrogen and oxygen atoms in total. The molecule has 0 aliphatic carbocycles. The van der Waals surface area contributed by atoms with Crippen LogP contribution in [0.5, 0.6) is 5.75 Å². The highest BCUT2D eigenvalue weighted by atomic mass is 35.5. The van der Waals surface area contributed by atoms with Crippen molar-refractivity contribution in [2.45, 2.75) is 33.2 Å². The zero-order chi connectivity index (χ0) is 17.7. The molecule has 0 saturated carbocycles. The first-order valence-electron chi connectivity index (χ1n) is 8.68. The van der Waals surface area contributed by atoms with E-state index in [1.165, 1.54) is 33.3 Å². The van der Waals surface area contributed by atoms with Gasteiger partial charge < -0.3 is 15.0 Å². The molecule has 2 aromatic carbocycles. The fourth-order valence-electron chi connectivity index (χ4n) is 4.02. The van der Waals surface area contributed by atoms with E-state index in [9.17, 15) is 0 Å². The normalized spacial score (nSPS) is 16.9. The summed E-state index contributed by atoms with van der Waals surface area (Å²) < 4.78 is 5.65. The highest BCUT2D eigenvalue weighted by Gasteiger charge is 2.28. The summed E-state index contributed by atoms with van der Waals surface area (Å²) in [5.41, 5.74) is 8.58. The van der Waals surface area contributed by atoms with Gasteiger partial charge in [-0.1, -0.05) is 23.2 Å². The molecule has 1 aliphatic heterocycles. The molecule has 0 radical (unpaired) electrons. The monoisotopic (exact) mass is 354 g/mol. The Bertz CT molecular complexity index is 974. The summed E-state index contributed by atoms with van der Waals surface area (Å²) >= 11 is 6.42. The van der Waals surface area contributed by atoms with Gasteiger partial charge in [-0.15, -0.1) is 0 Å². The molecule has 4 heteroatoms. The van der Waals surface area contributed by atoms with Gasteiger partial charge in [0.05, 0.1) is 13.2 Å². The Labute approximate surface area is 153 Å². The van der Waals surface area contributed by atoms with E-state index in [0.29, 0.717) is 0 Å². The number of methoxy groups -OCH3 is 1. The van der Waals surface area contributed by atoms with Gasteiger partial charge in [-0.25, -0.2) is 0 Å². The third kappa shape index (κ3) is 2.62. The molecule has 1 unspecified atom stereocenters. The Morgan fingerprint density at radius 3 is 2.64 bits per heavy atom. The smallest absolute Gasteiger partial charge is 0.124 e. The van der Waals surface area contributed by atoms with Crippen LogP contribution >= 0.6 is 11.6 Å². The van der Waals surface area contributed by atoms with Crippen molar-refractivity contribution >= 4 is 22.5 Å². The average Bonchev–Trinajstić information content (AvgIpc) is 2.96. The maximum atomic E-state index is 6.42. The van der Waals surface area contributed by atoms with Crippen molar-refractivity contribution in [3.63, 3.8) is 0 Å². The van der Waals surface area contributed by atoms with Gasteiger partial charge in [0, 0.05) is 33.7 Å². The van der Waals surface area contributed by atoms with Crippen LogP contribution in [0, 0.1) is 20.8 Å². The maximum absolute atomic E-state index is 6.42. The molecule has 1 aromatic heterocycles. The van der Waals surface area contributed by atoms with Crippen LogP contribution in [0.15, 0.2) is 24.3 Å². The van der Waals surface area contributed by atoms with Gasteiger partial charge in [-0.05, 0) is 62.1 Å². The van der Waals surface area contributed by atoms with Gasteiger partial charge >= 0.3 is 0 Å². The van der Waals surface area contributed by atoms with E-state index in [1.54, 1.807) is 7.11 Å². The molecule has 0 spiro atoms. The van der Waals surface area contributed by atoms with E-state index in [0.717, 1.165) is 34.9 Å². The number of hydrogen-bond acceptors (Lipinski definition) is 2. The first-order valence-corrected chi connectivity index (χ1v) is 9.06. The van der Waals surface area contributed by atoms with E-state index in [1.807, 2.05) is 19.1 Å². The van der Waals surface area contributed by atoms with Crippen LogP contribution in [0.2, 0.25) is 5.02 Å². The summed E-state index contributed by atoms with van der Waals surface area (Å²) in [6, 6.07) is 8.64. The number of H-pyrrole nitrogens is 1. The largest absolute Gasteiger partial charge is 0.496 e. The van der Waals surface area contributed by atoms with Crippen molar-refractivity contribution in [3.05, 3.63) is 62.8 Å². The lowest BCUT2D eigenvalue weighted by molar-refractivity contribution is 0.401. The average molecular weight is 355 g/mol. The van der Waals surface area contributed by atoms with Gasteiger partial charge in [0.2, 0.25) is 0 Å². The molecule has 2 heterocycles. The van der Waals surface area contributed by atoms with Crippen molar-refractivity contribution in [3.8, 4) is 5.75 Å². The Balaban J connectivity index is 1.94. The first kappa shape index (κ1) is 16.5. The molecule has 1 atom stereocenters. The fourth-order valence-corrected chi connectivity index (χ4v) is 4.20. The van der Waals surface area contributed by atoms with Gasteiger partial charge in [-0.2, -0.15) is 0 Å². The summed E-state index contributed by atoms with van der Waals surface area (Å²) in [5.74, 6) is 0.874. The van der Waals surface area contributed by atoms with Gasteiger partial charge in [0.15, 0.2) is 0 Å². The molecule has 0 amide bonds. The molecule has 2 N–H and O–H groups in total. The topological polar surface area (TPSA) is 37.0 Å².